The summed E-state index contributed by atoms with van der Waals surface area (Å²) in [7, 11) is 0. The molecule has 0 aromatic heterocycles. The molecule has 2 heterocycles. The molecule has 5 aliphatic rings. The molecule has 0 radical (unpaired) electrons. The third-order valence-corrected chi connectivity index (χ3v) is 9.72. The zero-order valence-electron chi connectivity index (χ0n) is 22.2. The number of nitrogens with zero attached hydrogens (tertiary/aromatic N) is 2. The number of halogens is 3. The van der Waals surface area contributed by atoms with Crippen molar-refractivity contribution in [3.63, 3.8) is 0 Å². The maximum atomic E-state index is 14.7. The maximum absolute atomic E-state index is 14.7. The van der Waals surface area contributed by atoms with Crippen molar-refractivity contribution in [3.05, 3.63) is 0 Å². The lowest BCUT2D eigenvalue weighted by Gasteiger charge is -2.45. The minimum atomic E-state index is -1.24. The van der Waals surface area contributed by atoms with Crippen LogP contribution in [0.4, 0.5) is 8.78 Å². The van der Waals surface area contributed by atoms with Crippen LogP contribution in [0.25, 0.3) is 0 Å². The van der Waals surface area contributed by atoms with Crippen molar-refractivity contribution in [1.29, 1.82) is 0 Å². The fourth-order valence-electron chi connectivity index (χ4n) is 7.49. The van der Waals surface area contributed by atoms with Gasteiger partial charge >= 0.3 is 0 Å². The van der Waals surface area contributed by atoms with Crippen LogP contribution in [0.1, 0.15) is 84.5 Å². The van der Waals surface area contributed by atoms with Crippen LogP contribution >= 0.6 is 11.6 Å². The van der Waals surface area contributed by atoms with Gasteiger partial charge in [-0.3, -0.25) is 14.7 Å². The molecule has 10 heteroatoms. The summed E-state index contributed by atoms with van der Waals surface area (Å²) in [6.07, 6.45) is 4.30. The van der Waals surface area contributed by atoms with E-state index in [1.807, 2.05) is 6.92 Å². The number of amides is 1. The van der Waals surface area contributed by atoms with Crippen LogP contribution < -0.4 is 16.2 Å². The second kappa shape index (κ2) is 12.1. The average molecular weight is 544 g/mol. The van der Waals surface area contributed by atoms with Crippen molar-refractivity contribution in [2.45, 2.75) is 139 Å². The number of rotatable bonds is 6. The molecule has 3 saturated carbocycles. The van der Waals surface area contributed by atoms with E-state index in [0.29, 0.717) is 44.6 Å². The highest BCUT2D eigenvalue weighted by atomic mass is 35.5. The Morgan fingerprint density at radius 3 is 2.54 bits per heavy atom. The zero-order valence-corrected chi connectivity index (χ0v) is 22.9. The number of alkyl halides is 3. The summed E-state index contributed by atoms with van der Waals surface area (Å²) < 4.78 is 35.5. The molecule has 3 aliphatic carbocycles. The van der Waals surface area contributed by atoms with Crippen molar-refractivity contribution in [2.24, 2.45) is 16.8 Å². The van der Waals surface area contributed by atoms with Crippen LogP contribution in [-0.4, -0.2) is 77.4 Å². The first-order valence-electron chi connectivity index (χ1n) is 14.6. The van der Waals surface area contributed by atoms with Crippen molar-refractivity contribution in [2.75, 3.05) is 6.54 Å². The first-order chi connectivity index (χ1) is 17.9. The molecule has 3 N–H and O–H groups in total. The van der Waals surface area contributed by atoms with E-state index in [9.17, 15) is 13.6 Å². The highest BCUT2D eigenvalue weighted by molar-refractivity contribution is 6.20. The molecule has 5 rings (SSSR count). The lowest BCUT2D eigenvalue weighted by atomic mass is 9.72. The van der Waals surface area contributed by atoms with E-state index in [1.54, 1.807) is 0 Å². The summed E-state index contributed by atoms with van der Waals surface area (Å²) in [6, 6.07) is 0.00393. The minimum Gasteiger partial charge on any atom is -0.369 e. The Balaban J connectivity index is 1.44. The van der Waals surface area contributed by atoms with Crippen molar-refractivity contribution < 1.29 is 18.3 Å². The van der Waals surface area contributed by atoms with Gasteiger partial charge in [0, 0.05) is 29.6 Å². The number of ether oxygens (including phenoxy) is 1. The number of hydrogen-bond donors (Lipinski definition) is 3. The van der Waals surface area contributed by atoms with Gasteiger partial charge in [-0.2, -0.15) is 0 Å². The molecule has 4 fully saturated rings. The Morgan fingerprint density at radius 1 is 1.11 bits per heavy atom. The number of carbonyl (C=O) groups excluding carboxylic acids is 1. The molecule has 2 aliphatic heterocycles. The van der Waals surface area contributed by atoms with Gasteiger partial charge in [0.1, 0.15) is 18.4 Å². The van der Waals surface area contributed by atoms with Crippen molar-refractivity contribution in [1.82, 2.24) is 21.1 Å². The highest BCUT2D eigenvalue weighted by Crippen LogP contribution is 2.43. The van der Waals surface area contributed by atoms with E-state index in [0.717, 1.165) is 38.5 Å². The molecule has 7 nitrogen and oxygen atoms in total. The summed E-state index contributed by atoms with van der Waals surface area (Å²) in [6.45, 7) is 4.66. The van der Waals surface area contributed by atoms with E-state index < -0.39 is 18.4 Å². The number of nitrogens with one attached hydrogen (secondary N) is 3. The second-order valence-corrected chi connectivity index (χ2v) is 12.4. The molecule has 37 heavy (non-hydrogen) atoms. The van der Waals surface area contributed by atoms with E-state index >= 15 is 0 Å². The second-order valence-electron chi connectivity index (χ2n) is 11.8. The molecular weight excluding hydrogens is 500 g/mol. The van der Waals surface area contributed by atoms with Gasteiger partial charge in [0.25, 0.3) is 0 Å². The topological polar surface area (TPSA) is 78.0 Å². The van der Waals surface area contributed by atoms with Crippen LogP contribution in [0.15, 0.2) is 4.99 Å². The Hall–Kier alpha value is -0.870. The van der Waals surface area contributed by atoms with Gasteiger partial charge in [0.05, 0.1) is 30.9 Å². The molecule has 8 atom stereocenters. The van der Waals surface area contributed by atoms with E-state index in [4.69, 9.17) is 21.3 Å². The van der Waals surface area contributed by atoms with Crippen LogP contribution in [0, 0.1) is 11.8 Å². The quantitative estimate of drug-likeness (QED) is 0.441. The number of hydrogen-bond acceptors (Lipinski definition) is 6. The summed E-state index contributed by atoms with van der Waals surface area (Å²) in [5.41, 5.74) is 7.99. The molecule has 1 saturated heterocycles. The molecule has 7 unspecified atom stereocenters. The predicted molar refractivity (Wildman–Crippen MR) is 141 cm³/mol. The first kappa shape index (κ1) is 27.7. The number of carbonyl (C=O) groups is 1. The Kier molecular flexibility index (Phi) is 9.06. The molecule has 0 aromatic rings. The van der Waals surface area contributed by atoms with Crippen LogP contribution in [0.3, 0.4) is 0 Å². The van der Waals surface area contributed by atoms with Gasteiger partial charge in [-0.05, 0) is 84.0 Å². The third kappa shape index (κ3) is 6.01. The third-order valence-electron chi connectivity index (χ3n) is 9.28. The van der Waals surface area contributed by atoms with Gasteiger partial charge in [0.15, 0.2) is 0 Å². The van der Waals surface area contributed by atoms with Crippen molar-refractivity contribution >= 4 is 23.2 Å². The predicted octanol–water partition coefficient (Wildman–Crippen LogP) is 4.00. The number of aliphatic imine (C=N–C) groups is 1. The monoisotopic (exact) mass is 543 g/mol. The zero-order chi connectivity index (χ0) is 26.1. The van der Waals surface area contributed by atoms with Crippen LogP contribution in [0.2, 0.25) is 0 Å². The SMILES string of the molecule is CCNC(=O)C[C@@H]1N=C(C2CCC(Cl)CC2)C2CC(OC3C(F)CCCC3F)CCC2N2C(C)NNC12. The van der Waals surface area contributed by atoms with Gasteiger partial charge in [0.2, 0.25) is 5.91 Å². The molecule has 210 valence electrons. The maximum Gasteiger partial charge on any atom is 0.222 e. The lowest BCUT2D eigenvalue weighted by Crippen LogP contribution is -2.55. The molecular formula is C27H44ClF2N5O2. The summed E-state index contributed by atoms with van der Waals surface area (Å²) in [5, 5.41) is 3.15. The van der Waals surface area contributed by atoms with Gasteiger partial charge in [-0.25, -0.2) is 19.6 Å². The standard InChI is InChI=1S/C27H44ClF2N5O2/c1-3-31-24(36)14-22-27-34-33-15(2)35(27)23-12-11-18(37-26-20(29)5-4-6-21(26)30)13-19(23)25(32-22)16-7-9-17(28)10-8-16/h15-23,26-27,33-34H,3-14H2,1-2H3,(H,31,36)/t15?,16?,17?,18?,19?,20?,21?,22-,23?,26?,27?/m0/s1. The number of fused-ring (bicyclic) bond motifs is 3. The number of hydrazine groups is 1. The highest BCUT2D eigenvalue weighted by Gasteiger charge is 2.50. The van der Waals surface area contributed by atoms with Gasteiger partial charge in [-0.1, -0.05) is 0 Å². The van der Waals surface area contributed by atoms with Crippen molar-refractivity contribution in [3.8, 4) is 0 Å². The average Bonchev–Trinajstić information content (AvgIpc) is 3.19. The van der Waals surface area contributed by atoms with E-state index in [2.05, 4.69) is 28.0 Å². The fraction of sp³-hybridized carbons (Fsp3) is 0.926. The minimum absolute atomic E-state index is 0.00715. The van der Waals surface area contributed by atoms with Crippen LogP contribution in [-0.2, 0) is 9.53 Å². The molecule has 0 aromatic carbocycles. The van der Waals surface area contributed by atoms with Gasteiger partial charge < -0.3 is 10.1 Å². The normalized spacial score (nSPS) is 44.9. The smallest absolute Gasteiger partial charge is 0.222 e. The van der Waals surface area contributed by atoms with E-state index in [1.165, 1.54) is 5.71 Å². The molecule has 1 amide bonds. The lowest BCUT2D eigenvalue weighted by molar-refractivity contribution is -0.123. The first-order valence-corrected chi connectivity index (χ1v) is 15.0. The Labute approximate surface area is 224 Å². The van der Waals surface area contributed by atoms with E-state index in [-0.39, 0.29) is 47.7 Å². The summed E-state index contributed by atoms with van der Waals surface area (Å²) in [4.78, 5) is 20.6. The summed E-state index contributed by atoms with van der Waals surface area (Å²) >= 11 is 6.47. The molecule has 0 spiro atoms. The largest absolute Gasteiger partial charge is 0.369 e. The fourth-order valence-corrected chi connectivity index (χ4v) is 7.74. The van der Waals surface area contributed by atoms with Crippen LogP contribution in [0.5, 0.6) is 0 Å². The molecule has 0 bridgehead atoms. The summed E-state index contributed by atoms with van der Waals surface area (Å²) in [5.74, 6) is 0.452. The van der Waals surface area contributed by atoms with Gasteiger partial charge in [-0.15, -0.1) is 11.6 Å². The Bertz CT molecular complexity index is 819. The Morgan fingerprint density at radius 2 is 1.84 bits per heavy atom.